The highest BCUT2D eigenvalue weighted by Gasteiger charge is 1.79. The molecule has 0 bridgehead atoms. The summed E-state index contributed by atoms with van der Waals surface area (Å²) in [5, 5.41) is 0. The van der Waals surface area contributed by atoms with Crippen LogP contribution in [0.15, 0.2) is 0 Å². The van der Waals surface area contributed by atoms with Crippen LogP contribution in [0.3, 0.4) is 0 Å². The van der Waals surface area contributed by atoms with E-state index in [0.717, 1.165) is 12.5 Å². The highest BCUT2D eigenvalue weighted by atomic mass is 32.2. The van der Waals surface area contributed by atoms with E-state index in [-0.39, 0.29) is 7.43 Å². The summed E-state index contributed by atoms with van der Waals surface area (Å²) in [6, 6.07) is 0. The fraction of sp³-hybridized carbons (Fsp3) is 1.00. The van der Waals surface area contributed by atoms with Gasteiger partial charge in [-0.1, -0.05) is 7.43 Å². The minimum absolute atomic E-state index is 0. The maximum Gasteiger partial charge on any atom is 0.144 e. The van der Waals surface area contributed by atoms with E-state index in [9.17, 15) is 12.6 Å². The molecule has 0 N–H and O–H groups in total. The van der Waals surface area contributed by atoms with Crippen LogP contribution in [0.4, 0.5) is 0 Å². The zero-order chi connectivity index (χ0) is 10.8. The molecule has 0 atom stereocenters. The molecule has 0 aliphatic carbocycles. The second-order valence-electron chi connectivity index (χ2n) is 2.29. The molecule has 0 radical (unpaired) electrons. The first-order chi connectivity index (χ1) is 5.15. The molecule has 0 aliphatic heterocycles. The van der Waals surface area contributed by atoms with Crippen LogP contribution in [-0.4, -0.2) is 50.2 Å². The Kier molecular flexibility index (Phi) is 26.8. The van der Waals surface area contributed by atoms with Gasteiger partial charge in [0.1, 0.15) is 9.84 Å². The number of hydrogen-bond acceptors (Lipinski definition) is 4. The van der Waals surface area contributed by atoms with Crippen LogP contribution >= 0.6 is 11.8 Å². The van der Waals surface area contributed by atoms with Gasteiger partial charge in [0, 0.05) is 35.8 Å². The summed E-state index contributed by atoms with van der Waals surface area (Å²) in [6.45, 7) is 0. The molecule has 86 valence electrons. The third-order valence-electron chi connectivity index (χ3n) is 0. The maximum atomic E-state index is 9.63. The summed E-state index contributed by atoms with van der Waals surface area (Å²) in [5.41, 5.74) is 0. The molecular formula is C7H22O3S3. The third kappa shape index (κ3) is 6710. The van der Waals surface area contributed by atoms with Crippen LogP contribution in [0, 0.1) is 0 Å². The molecular weight excluding hydrogens is 228 g/mol. The van der Waals surface area contributed by atoms with E-state index in [1.54, 1.807) is 24.3 Å². The van der Waals surface area contributed by atoms with Gasteiger partial charge in [-0.05, 0) is 12.5 Å². The van der Waals surface area contributed by atoms with Crippen molar-refractivity contribution in [2.45, 2.75) is 7.43 Å². The van der Waals surface area contributed by atoms with Gasteiger partial charge in [-0.15, -0.1) is 0 Å². The molecule has 13 heavy (non-hydrogen) atoms. The van der Waals surface area contributed by atoms with Crippen molar-refractivity contribution in [3.8, 4) is 0 Å². The highest BCUT2D eigenvalue weighted by molar-refractivity contribution is 7.97. The minimum Gasteiger partial charge on any atom is -0.260 e. The summed E-state index contributed by atoms with van der Waals surface area (Å²) in [7, 11) is -3.28. The first-order valence-corrected chi connectivity index (χ1v) is 8.85. The molecule has 0 heterocycles. The summed E-state index contributed by atoms with van der Waals surface area (Å²) >= 11 is 1.75. The average molecular weight is 250 g/mol. The second-order valence-corrected chi connectivity index (χ2v) is 6.88. The lowest BCUT2D eigenvalue weighted by Gasteiger charge is -1.69. The van der Waals surface area contributed by atoms with Crippen molar-refractivity contribution in [1.29, 1.82) is 0 Å². The van der Waals surface area contributed by atoms with E-state index in [0.29, 0.717) is 0 Å². The predicted molar refractivity (Wildman–Crippen MR) is 66.9 cm³/mol. The van der Waals surface area contributed by atoms with Gasteiger partial charge in [0.15, 0.2) is 0 Å². The van der Waals surface area contributed by atoms with E-state index < -0.39 is 20.6 Å². The number of hydrogen-bond donors (Lipinski definition) is 0. The van der Waals surface area contributed by atoms with Gasteiger partial charge in [-0.25, -0.2) is 8.42 Å². The fourth-order valence-electron chi connectivity index (χ4n) is 0. The Bertz CT molecular complexity index is 173. The van der Waals surface area contributed by atoms with Crippen LogP contribution in [0.1, 0.15) is 7.43 Å². The second kappa shape index (κ2) is 14.9. The SMILES string of the molecule is C.CS(C)(=O)=O.CS(C)=O.CSC. The van der Waals surface area contributed by atoms with Gasteiger partial charge < -0.3 is 0 Å². The average Bonchev–Trinajstić information content (AvgIpc) is 1.56. The first-order valence-electron chi connectivity index (χ1n) is 2.95. The van der Waals surface area contributed by atoms with Crippen molar-refractivity contribution < 1.29 is 12.6 Å². The van der Waals surface area contributed by atoms with Crippen LogP contribution in [0.2, 0.25) is 0 Å². The maximum absolute atomic E-state index is 9.63. The molecule has 3 nitrogen and oxygen atoms in total. The molecule has 0 aliphatic rings. The number of sulfone groups is 1. The Balaban J connectivity index is -0.0000000465. The number of rotatable bonds is 0. The van der Waals surface area contributed by atoms with E-state index in [4.69, 9.17) is 0 Å². The lowest BCUT2D eigenvalue weighted by atomic mass is 11.9. The summed E-state index contributed by atoms with van der Waals surface area (Å²) < 4.78 is 28.8. The predicted octanol–water partition coefficient (Wildman–Crippen LogP) is 1.27. The van der Waals surface area contributed by atoms with Crippen LogP contribution in [-0.2, 0) is 20.6 Å². The van der Waals surface area contributed by atoms with E-state index in [2.05, 4.69) is 0 Å². The van der Waals surface area contributed by atoms with Crippen molar-refractivity contribution in [2.75, 3.05) is 37.5 Å². The lowest BCUT2D eigenvalue weighted by Crippen LogP contribution is -1.86. The molecule has 6 heteroatoms. The van der Waals surface area contributed by atoms with Gasteiger partial charge in [0.25, 0.3) is 0 Å². The van der Waals surface area contributed by atoms with E-state index >= 15 is 0 Å². The smallest absolute Gasteiger partial charge is 0.144 e. The lowest BCUT2D eigenvalue weighted by molar-refractivity contribution is 0.607. The summed E-state index contributed by atoms with van der Waals surface area (Å²) in [5.74, 6) is 0. The molecule has 0 unspecified atom stereocenters. The topological polar surface area (TPSA) is 51.2 Å². The van der Waals surface area contributed by atoms with E-state index in [1.807, 2.05) is 12.5 Å². The van der Waals surface area contributed by atoms with Crippen molar-refractivity contribution in [2.24, 2.45) is 0 Å². The molecule has 0 saturated heterocycles. The number of thioether (sulfide) groups is 1. The van der Waals surface area contributed by atoms with Crippen molar-refractivity contribution in [3.05, 3.63) is 0 Å². The monoisotopic (exact) mass is 250 g/mol. The van der Waals surface area contributed by atoms with Gasteiger partial charge in [0.05, 0.1) is 0 Å². The molecule has 0 rings (SSSR count). The van der Waals surface area contributed by atoms with Crippen LogP contribution in [0.5, 0.6) is 0 Å². The molecule has 0 aromatic carbocycles. The minimum atomic E-state index is -2.67. The Morgan fingerprint density at radius 1 is 1.08 bits per heavy atom. The standard InChI is InChI=1S/C2H6O2S.C2H6OS.C2H6S.CH4/c1-5(2,3)4;1-4(2)3;1-3-2;/h1-2H3;1-2H3;1-2H3;1H4. The Hall–Kier alpha value is 0.450. The summed E-state index contributed by atoms with van der Waals surface area (Å²) in [4.78, 5) is 0. The Morgan fingerprint density at radius 2 is 1.08 bits per heavy atom. The van der Waals surface area contributed by atoms with Gasteiger partial charge in [0.2, 0.25) is 0 Å². The quantitative estimate of drug-likeness (QED) is 0.650. The Morgan fingerprint density at radius 3 is 1.08 bits per heavy atom. The molecule has 0 aromatic rings. The van der Waals surface area contributed by atoms with E-state index in [1.165, 1.54) is 0 Å². The van der Waals surface area contributed by atoms with Crippen molar-refractivity contribution >= 4 is 32.4 Å². The molecule has 0 amide bonds. The molecule has 0 aromatic heterocycles. The zero-order valence-electron chi connectivity index (χ0n) is 8.45. The van der Waals surface area contributed by atoms with Crippen LogP contribution < -0.4 is 0 Å². The fourth-order valence-corrected chi connectivity index (χ4v) is 0. The van der Waals surface area contributed by atoms with Crippen molar-refractivity contribution in [3.63, 3.8) is 0 Å². The van der Waals surface area contributed by atoms with Gasteiger partial charge in [-0.3, -0.25) is 4.21 Å². The molecule has 0 spiro atoms. The first kappa shape index (κ1) is 23.3. The molecule has 0 saturated carbocycles. The molecule has 0 fully saturated rings. The largest absolute Gasteiger partial charge is 0.260 e. The van der Waals surface area contributed by atoms with Crippen LogP contribution in [0.25, 0.3) is 0 Å². The zero-order valence-corrected chi connectivity index (χ0v) is 10.9. The summed E-state index contributed by atoms with van der Waals surface area (Å²) in [6.07, 6.45) is 9.68. The normalized spacial score (nSPS) is 8.54. The Labute approximate surface area is 90.1 Å². The van der Waals surface area contributed by atoms with Crippen molar-refractivity contribution in [1.82, 2.24) is 0 Å². The highest BCUT2D eigenvalue weighted by Crippen LogP contribution is 1.70. The van der Waals surface area contributed by atoms with Gasteiger partial charge in [-0.2, -0.15) is 11.8 Å². The van der Waals surface area contributed by atoms with Gasteiger partial charge >= 0.3 is 0 Å². The third-order valence-corrected chi connectivity index (χ3v) is 0.